The third kappa shape index (κ3) is 5.62. The molecule has 0 spiro atoms. The summed E-state index contributed by atoms with van der Waals surface area (Å²) < 4.78 is 17.9. The fourth-order valence-corrected chi connectivity index (χ4v) is 2.81. The van der Waals surface area contributed by atoms with E-state index in [1.807, 2.05) is 20.8 Å². The number of esters is 1. The highest BCUT2D eigenvalue weighted by Crippen LogP contribution is 2.22. The fraction of sp³-hybridized carbons (Fsp3) is 0.333. The molecule has 5 nitrogen and oxygen atoms in total. The molecule has 0 aliphatic heterocycles. The van der Waals surface area contributed by atoms with Gasteiger partial charge in [-0.05, 0) is 48.2 Å². The molecule has 2 aromatic rings. The van der Waals surface area contributed by atoms with Crippen LogP contribution >= 0.6 is 0 Å². The maximum absolute atomic E-state index is 13.1. The summed E-state index contributed by atoms with van der Waals surface area (Å²) in [4.78, 5) is 24.0. The van der Waals surface area contributed by atoms with Crippen LogP contribution in [0, 0.1) is 18.7 Å². The number of anilines is 1. The lowest BCUT2D eigenvalue weighted by Gasteiger charge is -2.23. The van der Waals surface area contributed by atoms with Crippen molar-refractivity contribution >= 4 is 17.6 Å². The number of ether oxygens (including phenoxy) is 1. The average molecular weight is 372 g/mol. The lowest BCUT2D eigenvalue weighted by atomic mass is 9.96. The molecule has 0 unspecified atom stereocenters. The second-order valence-corrected chi connectivity index (χ2v) is 6.72. The molecule has 2 aromatic carbocycles. The molecule has 2 rings (SSSR count). The maximum Gasteiger partial charge on any atom is 0.337 e. The van der Waals surface area contributed by atoms with Gasteiger partial charge in [-0.3, -0.25) is 4.79 Å². The molecule has 0 fully saturated rings. The lowest BCUT2D eigenvalue weighted by Crippen LogP contribution is -2.33. The minimum absolute atomic E-state index is 0.0844. The van der Waals surface area contributed by atoms with E-state index in [-0.39, 0.29) is 30.2 Å². The van der Waals surface area contributed by atoms with E-state index < -0.39 is 5.97 Å². The van der Waals surface area contributed by atoms with E-state index in [2.05, 4.69) is 10.6 Å². The highest BCUT2D eigenvalue weighted by Gasteiger charge is 2.17. The van der Waals surface area contributed by atoms with Gasteiger partial charge in [0.25, 0.3) is 0 Å². The van der Waals surface area contributed by atoms with E-state index in [1.165, 1.54) is 19.2 Å². The number of hydrogen-bond acceptors (Lipinski definition) is 4. The predicted octanol–water partition coefficient (Wildman–Crippen LogP) is 3.85. The van der Waals surface area contributed by atoms with Crippen molar-refractivity contribution in [2.75, 3.05) is 19.0 Å². The molecule has 6 heteroatoms. The van der Waals surface area contributed by atoms with Gasteiger partial charge in [0.2, 0.25) is 5.91 Å². The van der Waals surface area contributed by atoms with Crippen LogP contribution in [0.15, 0.2) is 42.5 Å². The predicted molar refractivity (Wildman–Crippen MR) is 103 cm³/mol. The van der Waals surface area contributed by atoms with Crippen molar-refractivity contribution in [2.24, 2.45) is 5.92 Å². The Bertz CT molecular complexity index is 804. The molecule has 1 amide bonds. The van der Waals surface area contributed by atoms with Crippen molar-refractivity contribution in [1.82, 2.24) is 5.32 Å². The van der Waals surface area contributed by atoms with Gasteiger partial charge in [-0.25, -0.2) is 9.18 Å². The quantitative estimate of drug-likeness (QED) is 0.725. The van der Waals surface area contributed by atoms with E-state index >= 15 is 0 Å². The summed E-state index contributed by atoms with van der Waals surface area (Å²) in [6.45, 7) is 5.99. The Kier molecular flexibility index (Phi) is 7.07. The number of nitrogens with one attached hydrogen (secondary N) is 2. The van der Waals surface area contributed by atoms with Gasteiger partial charge in [-0.15, -0.1) is 0 Å². The van der Waals surface area contributed by atoms with E-state index in [4.69, 9.17) is 4.74 Å². The maximum atomic E-state index is 13.1. The first kappa shape index (κ1) is 20.6. The van der Waals surface area contributed by atoms with Gasteiger partial charge in [-0.1, -0.05) is 32.0 Å². The number of hydrogen-bond donors (Lipinski definition) is 2. The molecule has 0 saturated carbocycles. The van der Waals surface area contributed by atoms with Gasteiger partial charge in [0, 0.05) is 11.7 Å². The molecule has 144 valence electrons. The number of carbonyl (C=O) groups excluding carboxylic acids is 2. The zero-order chi connectivity index (χ0) is 20.0. The van der Waals surface area contributed by atoms with Crippen molar-refractivity contribution in [3.8, 4) is 0 Å². The highest BCUT2D eigenvalue weighted by molar-refractivity contribution is 5.96. The molecule has 0 heterocycles. The fourth-order valence-electron chi connectivity index (χ4n) is 2.81. The molecule has 0 saturated heterocycles. The molecule has 27 heavy (non-hydrogen) atoms. The summed E-state index contributed by atoms with van der Waals surface area (Å²) in [6, 6.07) is 11.2. The van der Waals surface area contributed by atoms with Crippen molar-refractivity contribution in [3.63, 3.8) is 0 Å². The topological polar surface area (TPSA) is 67.4 Å². The molecule has 0 aromatic heterocycles. The summed E-state index contributed by atoms with van der Waals surface area (Å²) in [5.74, 6) is -0.764. The first-order valence-corrected chi connectivity index (χ1v) is 8.79. The smallest absolute Gasteiger partial charge is 0.337 e. The standard InChI is InChI=1S/C21H25FN2O3/c1-13(2)20(15-7-9-17(22)10-8-15)23-12-19(25)24-18-11-16(21(26)27-4)6-5-14(18)3/h5-11,13,20,23H,12H2,1-4H3,(H,24,25)/t20-/m1/s1. The first-order chi connectivity index (χ1) is 12.8. The second kappa shape index (κ2) is 9.28. The number of benzene rings is 2. The Labute approximate surface area is 158 Å². The van der Waals surface area contributed by atoms with Crippen LogP contribution in [-0.4, -0.2) is 25.5 Å². The summed E-state index contributed by atoms with van der Waals surface area (Å²) in [5.41, 5.74) is 2.70. The van der Waals surface area contributed by atoms with Crippen molar-refractivity contribution in [1.29, 1.82) is 0 Å². The second-order valence-electron chi connectivity index (χ2n) is 6.72. The van der Waals surface area contributed by atoms with Crippen LogP contribution in [-0.2, 0) is 9.53 Å². The van der Waals surface area contributed by atoms with Crippen LogP contribution in [0.5, 0.6) is 0 Å². The summed E-state index contributed by atoms with van der Waals surface area (Å²) in [6.07, 6.45) is 0. The van der Waals surface area contributed by atoms with E-state index in [0.717, 1.165) is 11.1 Å². The van der Waals surface area contributed by atoms with E-state index in [1.54, 1.807) is 30.3 Å². The van der Waals surface area contributed by atoms with Crippen molar-refractivity contribution in [2.45, 2.75) is 26.8 Å². The van der Waals surface area contributed by atoms with E-state index in [9.17, 15) is 14.0 Å². The number of methoxy groups -OCH3 is 1. The number of carbonyl (C=O) groups is 2. The number of aryl methyl sites for hydroxylation is 1. The molecule has 2 N–H and O–H groups in total. The van der Waals surface area contributed by atoms with Crippen LogP contribution < -0.4 is 10.6 Å². The van der Waals surface area contributed by atoms with Crippen molar-refractivity contribution in [3.05, 3.63) is 65.0 Å². The van der Waals surface area contributed by atoms with Crippen LogP contribution in [0.25, 0.3) is 0 Å². The number of amides is 1. The van der Waals surface area contributed by atoms with Gasteiger partial charge >= 0.3 is 5.97 Å². The van der Waals surface area contributed by atoms with Crippen LogP contribution in [0.2, 0.25) is 0 Å². The Balaban J connectivity index is 2.04. The summed E-state index contributed by atoms with van der Waals surface area (Å²) >= 11 is 0. The average Bonchev–Trinajstić information content (AvgIpc) is 2.64. The molecular formula is C21H25FN2O3. The van der Waals surface area contributed by atoms with Crippen LogP contribution in [0.3, 0.4) is 0 Å². The van der Waals surface area contributed by atoms with Gasteiger partial charge in [-0.2, -0.15) is 0 Å². The largest absolute Gasteiger partial charge is 0.465 e. The third-order valence-electron chi connectivity index (χ3n) is 4.31. The van der Waals surface area contributed by atoms with Crippen LogP contribution in [0.4, 0.5) is 10.1 Å². The Morgan fingerprint density at radius 1 is 1.11 bits per heavy atom. The SMILES string of the molecule is COC(=O)c1ccc(C)c(NC(=O)CN[C@@H](c2ccc(F)cc2)C(C)C)c1. The molecule has 0 aliphatic carbocycles. The van der Waals surface area contributed by atoms with Gasteiger partial charge in [0.05, 0.1) is 19.2 Å². The zero-order valence-electron chi connectivity index (χ0n) is 16.0. The van der Waals surface area contributed by atoms with Crippen LogP contribution in [0.1, 0.15) is 41.4 Å². The minimum Gasteiger partial charge on any atom is -0.465 e. The van der Waals surface area contributed by atoms with Gasteiger partial charge in [0.15, 0.2) is 0 Å². The Hall–Kier alpha value is -2.73. The van der Waals surface area contributed by atoms with E-state index in [0.29, 0.717) is 11.3 Å². The van der Waals surface area contributed by atoms with Gasteiger partial charge in [0.1, 0.15) is 5.82 Å². The number of rotatable bonds is 7. The summed E-state index contributed by atoms with van der Waals surface area (Å²) in [5, 5.41) is 6.03. The third-order valence-corrected chi connectivity index (χ3v) is 4.31. The summed E-state index contributed by atoms with van der Waals surface area (Å²) in [7, 11) is 1.31. The minimum atomic E-state index is -0.459. The normalized spacial score (nSPS) is 11.9. The zero-order valence-corrected chi connectivity index (χ0v) is 16.0. The lowest BCUT2D eigenvalue weighted by molar-refractivity contribution is -0.115. The molecule has 0 radical (unpaired) electrons. The Morgan fingerprint density at radius 3 is 2.37 bits per heavy atom. The Morgan fingerprint density at radius 2 is 1.78 bits per heavy atom. The monoisotopic (exact) mass is 372 g/mol. The van der Waals surface area contributed by atoms with Crippen molar-refractivity contribution < 1.29 is 18.7 Å². The molecule has 0 aliphatic rings. The molecule has 1 atom stereocenters. The van der Waals surface area contributed by atoms with Gasteiger partial charge < -0.3 is 15.4 Å². The first-order valence-electron chi connectivity index (χ1n) is 8.79. The number of halogens is 1. The molecular weight excluding hydrogens is 347 g/mol. The molecule has 0 bridgehead atoms. The highest BCUT2D eigenvalue weighted by atomic mass is 19.1.